The Kier molecular flexibility index (Phi) is 7.15. The first kappa shape index (κ1) is 25.4. The summed E-state index contributed by atoms with van der Waals surface area (Å²) in [5, 5.41) is 14.2. The summed E-state index contributed by atoms with van der Waals surface area (Å²) in [6.45, 7) is 8.90. The van der Waals surface area contributed by atoms with Crippen molar-refractivity contribution in [2.75, 3.05) is 13.1 Å². The van der Waals surface area contributed by atoms with Gasteiger partial charge in [0.25, 0.3) is 5.91 Å². The maximum Gasteiger partial charge on any atom is 0.410 e. The number of halogens is 1. The maximum atomic E-state index is 14.8. The zero-order valence-electron chi connectivity index (χ0n) is 20.1. The number of hydrogen-bond acceptors (Lipinski definition) is 7. The van der Waals surface area contributed by atoms with Gasteiger partial charge >= 0.3 is 6.09 Å². The molecule has 1 aliphatic heterocycles. The number of carbonyl (C=O) groups is 2. The van der Waals surface area contributed by atoms with Gasteiger partial charge in [0, 0.05) is 36.5 Å². The van der Waals surface area contributed by atoms with Crippen LogP contribution < -0.4 is 10.5 Å². The van der Waals surface area contributed by atoms with Crippen LogP contribution in [0.25, 0.3) is 11.1 Å². The van der Waals surface area contributed by atoms with Crippen LogP contribution in [-0.2, 0) is 11.3 Å². The number of amides is 2. The summed E-state index contributed by atoms with van der Waals surface area (Å²) in [6, 6.07) is 1.51. The highest BCUT2D eigenvalue weighted by molar-refractivity contribution is 5.96. The van der Waals surface area contributed by atoms with E-state index in [1.165, 1.54) is 17.2 Å². The molecule has 3 N–H and O–H groups in total. The molecule has 10 nitrogen and oxygen atoms in total. The Morgan fingerprint density at radius 1 is 1.24 bits per heavy atom. The Labute approximate surface area is 197 Å². The van der Waals surface area contributed by atoms with E-state index >= 15 is 0 Å². The van der Waals surface area contributed by atoms with Gasteiger partial charge in [-0.15, -0.1) is 0 Å². The number of carbonyl (C=O) groups excluding carboxylic acids is 2. The Morgan fingerprint density at radius 3 is 2.53 bits per heavy atom. The average molecular weight is 478 g/mol. The van der Waals surface area contributed by atoms with Crippen LogP contribution in [0.3, 0.4) is 0 Å². The molecule has 3 heterocycles. The molecule has 0 bridgehead atoms. The number of nitrogens with zero attached hydrogens (tertiary/aromatic N) is 4. The van der Waals surface area contributed by atoms with Gasteiger partial charge in [-0.1, -0.05) is 0 Å². The minimum Gasteiger partial charge on any atom is -0.471 e. The molecule has 2 atom stereocenters. The third-order valence-corrected chi connectivity index (χ3v) is 5.03. The summed E-state index contributed by atoms with van der Waals surface area (Å²) in [4.78, 5) is 29.8. The number of aliphatic hydroxyl groups is 1. The Balaban J connectivity index is 1.72. The van der Waals surface area contributed by atoms with Crippen molar-refractivity contribution in [2.45, 2.75) is 71.1 Å². The Bertz CT molecular complexity index is 1040. The number of likely N-dealkylation sites (tertiary alicyclic amines) is 1. The van der Waals surface area contributed by atoms with Crippen molar-refractivity contribution in [1.82, 2.24) is 19.7 Å². The van der Waals surface area contributed by atoms with E-state index < -0.39 is 35.5 Å². The molecule has 1 fully saturated rings. The van der Waals surface area contributed by atoms with Gasteiger partial charge in [0.1, 0.15) is 17.3 Å². The van der Waals surface area contributed by atoms with Crippen LogP contribution in [0, 0.1) is 0 Å². The standard InChI is InChI=1S/C23H32FN5O5/c1-22(2,3)34-21(31)28-7-6-18(17(24)12-28)33-20-16(19(25)30)8-14(9-26-20)15-10-27-29(11-15)13-23(4,5)32/h8-11,17-18,32H,6-7,12-13H2,1-5H3,(H2,25,30)/t17-,18+/m0/s1. The fraction of sp³-hybridized carbons (Fsp3) is 0.565. The van der Waals surface area contributed by atoms with Crippen molar-refractivity contribution in [3.63, 3.8) is 0 Å². The molecule has 0 radical (unpaired) electrons. The lowest BCUT2D eigenvalue weighted by molar-refractivity contribution is -0.0115. The van der Waals surface area contributed by atoms with Crippen LogP contribution in [0.4, 0.5) is 9.18 Å². The monoisotopic (exact) mass is 477 g/mol. The minimum absolute atomic E-state index is 0.00881. The van der Waals surface area contributed by atoms with Gasteiger partial charge in [0.05, 0.1) is 24.9 Å². The normalized spacial score (nSPS) is 19.1. The average Bonchev–Trinajstić information content (AvgIpc) is 3.14. The molecule has 11 heteroatoms. The number of ether oxygens (including phenoxy) is 2. The summed E-state index contributed by atoms with van der Waals surface area (Å²) in [5.74, 6) is -0.840. The SMILES string of the molecule is CC(C)(O)Cn1cc(-c2cnc(O[C@@H]3CCN(C(=O)OC(C)(C)C)C[C@@H]3F)c(C(N)=O)c2)cn1. The number of aromatic nitrogens is 3. The number of hydrogen-bond donors (Lipinski definition) is 2. The molecule has 3 rings (SSSR count). The van der Waals surface area contributed by atoms with E-state index in [-0.39, 0.29) is 37.5 Å². The largest absolute Gasteiger partial charge is 0.471 e. The fourth-order valence-electron chi connectivity index (χ4n) is 3.53. The number of nitrogens with two attached hydrogens (primary N) is 1. The van der Waals surface area contributed by atoms with Gasteiger partial charge in [-0.25, -0.2) is 14.2 Å². The molecule has 2 aromatic rings. The maximum absolute atomic E-state index is 14.8. The first-order chi connectivity index (χ1) is 15.7. The molecule has 2 aromatic heterocycles. The highest BCUT2D eigenvalue weighted by Gasteiger charge is 2.35. The van der Waals surface area contributed by atoms with Crippen molar-refractivity contribution >= 4 is 12.0 Å². The molecule has 0 saturated carbocycles. The van der Waals surface area contributed by atoms with E-state index in [4.69, 9.17) is 15.2 Å². The van der Waals surface area contributed by atoms with Crippen molar-refractivity contribution in [3.05, 3.63) is 30.2 Å². The second-order valence-corrected chi connectivity index (χ2v) is 10.1. The van der Waals surface area contributed by atoms with Gasteiger partial charge in [-0.05, 0) is 40.7 Å². The molecule has 0 aromatic carbocycles. The van der Waals surface area contributed by atoms with Crippen molar-refractivity contribution in [1.29, 1.82) is 0 Å². The predicted octanol–water partition coefficient (Wildman–Crippen LogP) is 2.54. The van der Waals surface area contributed by atoms with Crippen molar-refractivity contribution < 1.29 is 28.6 Å². The van der Waals surface area contributed by atoms with Gasteiger partial charge in [0.15, 0.2) is 6.17 Å². The summed E-state index contributed by atoms with van der Waals surface area (Å²) in [5.41, 5.74) is 5.16. The lowest BCUT2D eigenvalue weighted by atomic mass is 10.1. The number of rotatable bonds is 6. The quantitative estimate of drug-likeness (QED) is 0.653. The van der Waals surface area contributed by atoms with E-state index in [1.54, 1.807) is 51.7 Å². The van der Waals surface area contributed by atoms with E-state index in [1.807, 2.05) is 0 Å². The van der Waals surface area contributed by atoms with Gasteiger partial charge in [0.2, 0.25) is 5.88 Å². The van der Waals surface area contributed by atoms with Crippen LogP contribution >= 0.6 is 0 Å². The Morgan fingerprint density at radius 2 is 1.94 bits per heavy atom. The third-order valence-electron chi connectivity index (χ3n) is 5.03. The second-order valence-electron chi connectivity index (χ2n) is 10.1. The first-order valence-electron chi connectivity index (χ1n) is 11.1. The van der Waals surface area contributed by atoms with Crippen LogP contribution in [0.15, 0.2) is 24.7 Å². The molecule has 1 aliphatic rings. The molecule has 1 saturated heterocycles. The van der Waals surface area contributed by atoms with Gasteiger partial charge in [-0.2, -0.15) is 5.10 Å². The minimum atomic E-state index is -1.50. The van der Waals surface area contributed by atoms with Crippen molar-refractivity contribution in [2.24, 2.45) is 5.73 Å². The molecule has 0 unspecified atom stereocenters. The summed E-state index contributed by atoms with van der Waals surface area (Å²) in [7, 11) is 0. The molecule has 0 spiro atoms. The molecule has 34 heavy (non-hydrogen) atoms. The number of alkyl halides is 1. The molecular weight excluding hydrogens is 445 g/mol. The lowest BCUT2D eigenvalue weighted by Crippen LogP contribution is -2.50. The van der Waals surface area contributed by atoms with E-state index in [0.29, 0.717) is 11.1 Å². The smallest absolute Gasteiger partial charge is 0.410 e. The highest BCUT2D eigenvalue weighted by Crippen LogP contribution is 2.28. The van der Waals surface area contributed by atoms with Crippen molar-refractivity contribution in [3.8, 4) is 17.0 Å². The van der Waals surface area contributed by atoms with Gasteiger partial charge in [-0.3, -0.25) is 9.48 Å². The number of piperidine rings is 1. The predicted molar refractivity (Wildman–Crippen MR) is 122 cm³/mol. The topological polar surface area (TPSA) is 133 Å². The van der Waals surface area contributed by atoms with Crippen LogP contribution in [0.2, 0.25) is 0 Å². The second kappa shape index (κ2) is 9.57. The Hall–Kier alpha value is -3.21. The van der Waals surface area contributed by atoms with Crippen LogP contribution in [0.1, 0.15) is 51.4 Å². The van der Waals surface area contributed by atoms with Crippen LogP contribution in [0.5, 0.6) is 5.88 Å². The molecule has 186 valence electrons. The fourth-order valence-corrected chi connectivity index (χ4v) is 3.53. The number of pyridine rings is 1. The van der Waals surface area contributed by atoms with Crippen LogP contribution in [-0.4, -0.2) is 73.3 Å². The van der Waals surface area contributed by atoms with Gasteiger partial charge < -0.3 is 25.2 Å². The molecular formula is C23H32FN5O5. The van der Waals surface area contributed by atoms with E-state index in [9.17, 15) is 19.1 Å². The summed E-state index contributed by atoms with van der Waals surface area (Å²) >= 11 is 0. The van der Waals surface area contributed by atoms with E-state index in [0.717, 1.165) is 0 Å². The highest BCUT2D eigenvalue weighted by atomic mass is 19.1. The first-order valence-corrected chi connectivity index (χ1v) is 11.1. The molecule has 2 amide bonds. The molecule has 0 aliphatic carbocycles. The summed E-state index contributed by atoms with van der Waals surface area (Å²) < 4.78 is 27.5. The number of primary amides is 1. The lowest BCUT2D eigenvalue weighted by Gasteiger charge is -2.35. The summed E-state index contributed by atoms with van der Waals surface area (Å²) in [6.07, 6.45) is 2.00. The zero-order valence-corrected chi connectivity index (χ0v) is 20.1. The third kappa shape index (κ3) is 6.66. The van der Waals surface area contributed by atoms with E-state index in [2.05, 4.69) is 10.1 Å². The zero-order chi connectivity index (χ0) is 25.3.